The van der Waals surface area contributed by atoms with Gasteiger partial charge in [-0.05, 0) is 18.2 Å². The third-order valence-corrected chi connectivity index (χ3v) is 4.02. The number of hydrogen-bond acceptors (Lipinski definition) is 7. The minimum absolute atomic E-state index is 0.0617. The minimum atomic E-state index is -0.567. The van der Waals surface area contributed by atoms with Crippen molar-refractivity contribution in [3.05, 3.63) is 58.0 Å². The van der Waals surface area contributed by atoms with E-state index in [2.05, 4.69) is 20.7 Å². The number of hydrazone groups is 1. The zero-order chi connectivity index (χ0) is 20.1. The van der Waals surface area contributed by atoms with Crippen LogP contribution in [0, 0.1) is 0 Å². The average Bonchev–Trinajstić information content (AvgIpc) is 2.73. The summed E-state index contributed by atoms with van der Waals surface area (Å²) in [5.41, 5.74) is 2.66. The molecule has 0 aliphatic heterocycles. The Morgan fingerprint density at radius 3 is 2.43 bits per heavy atom. The van der Waals surface area contributed by atoms with Crippen molar-refractivity contribution in [2.45, 2.75) is 0 Å². The molecule has 2 N–H and O–H groups in total. The largest absolute Gasteiger partial charge is 0.493 e. The number of ether oxygens (including phenoxy) is 3. The first-order valence-corrected chi connectivity index (χ1v) is 8.20. The van der Waals surface area contributed by atoms with Gasteiger partial charge in [0, 0.05) is 10.9 Å². The summed E-state index contributed by atoms with van der Waals surface area (Å²) in [6, 6.07) is 10.1. The quantitative estimate of drug-likeness (QED) is 0.495. The maximum absolute atomic E-state index is 12.5. The van der Waals surface area contributed by atoms with Gasteiger partial charge < -0.3 is 14.2 Å². The normalized spacial score (nSPS) is 10.8. The molecule has 0 bridgehead atoms. The highest BCUT2D eigenvalue weighted by Crippen LogP contribution is 2.38. The molecule has 0 saturated carbocycles. The van der Waals surface area contributed by atoms with E-state index in [-0.39, 0.29) is 11.3 Å². The molecule has 28 heavy (non-hydrogen) atoms. The second-order valence-electron chi connectivity index (χ2n) is 5.57. The molecule has 0 fully saturated rings. The van der Waals surface area contributed by atoms with Crippen LogP contribution in [0.25, 0.3) is 10.8 Å². The monoisotopic (exact) mass is 382 g/mol. The molecule has 0 saturated heterocycles. The number of carbonyl (C=O) groups is 1. The highest BCUT2D eigenvalue weighted by atomic mass is 16.5. The van der Waals surface area contributed by atoms with Crippen LogP contribution in [0.15, 0.2) is 46.3 Å². The Morgan fingerprint density at radius 1 is 1.04 bits per heavy atom. The first-order valence-electron chi connectivity index (χ1n) is 8.20. The van der Waals surface area contributed by atoms with Gasteiger partial charge in [0.05, 0.1) is 32.9 Å². The number of H-pyrrole nitrogens is 1. The fourth-order valence-corrected chi connectivity index (χ4v) is 2.73. The van der Waals surface area contributed by atoms with Gasteiger partial charge in [0.2, 0.25) is 5.75 Å². The number of aromatic nitrogens is 2. The minimum Gasteiger partial charge on any atom is -0.493 e. The Bertz CT molecular complexity index is 1110. The molecule has 0 radical (unpaired) electrons. The molecule has 0 aliphatic carbocycles. The van der Waals surface area contributed by atoms with Crippen molar-refractivity contribution in [3.8, 4) is 17.2 Å². The van der Waals surface area contributed by atoms with E-state index in [1.54, 1.807) is 36.4 Å². The number of carbonyl (C=O) groups excluding carboxylic acids is 1. The van der Waals surface area contributed by atoms with E-state index in [0.29, 0.717) is 33.6 Å². The molecular formula is C19H18N4O5. The summed E-state index contributed by atoms with van der Waals surface area (Å²) in [5, 5.41) is 10.9. The highest BCUT2D eigenvalue weighted by molar-refractivity contribution is 6.05. The van der Waals surface area contributed by atoms with E-state index in [1.807, 2.05) is 0 Å². The lowest BCUT2D eigenvalue weighted by Gasteiger charge is -2.13. The smallest absolute Gasteiger partial charge is 0.292 e. The molecule has 144 valence electrons. The van der Waals surface area contributed by atoms with Gasteiger partial charge in [0.25, 0.3) is 11.5 Å². The van der Waals surface area contributed by atoms with Crippen molar-refractivity contribution < 1.29 is 19.0 Å². The van der Waals surface area contributed by atoms with Crippen LogP contribution in [0.3, 0.4) is 0 Å². The van der Waals surface area contributed by atoms with E-state index >= 15 is 0 Å². The van der Waals surface area contributed by atoms with Crippen LogP contribution in [-0.4, -0.2) is 43.6 Å². The predicted octanol–water partition coefficient (Wildman–Crippen LogP) is 1.71. The number of amides is 1. The van der Waals surface area contributed by atoms with Crippen LogP contribution >= 0.6 is 0 Å². The summed E-state index contributed by atoms with van der Waals surface area (Å²) in [5.74, 6) is 0.758. The lowest BCUT2D eigenvalue weighted by atomic mass is 10.1. The van der Waals surface area contributed by atoms with Crippen LogP contribution in [0.4, 0.5) is 0 Å². The molecule has 0 atom stereocenters. The highest BCUT2D eigenvalue weighted by Gasteiger charge is 2.16. The summed E-state index contributed by atoms with van der Waals surface area (Å²) in [6.45, 7) is 0. The van der Waals surface area contributed by atoms with Crippen LogP contribution in [0.2, 0.25) is 0 Å². The van der Waals surface area contributed by atoms with E-state index in [4.69, 9.17) is 14.2 Å². The van der Waals surface area contributed by atoms with E-state index in [9.17, 15) is 9.59 Å². The van der Waals surface area contributed by atoms with Crippen LogP contribution in [0.5, 0.6) is 17.2 Å². The number of nitrogens with zero attached hydrogens (tertiary/aromatic N) is 2. The Balaban J connectivity index is 1.87. The summed E-state index contributed by atoms with van der Waals surface area (Å²) in [7, 11) is 4.51. The Morgan fingerprint density at radius 2 is 1.75 bits per heavy atom. The van der Waals surface area contributed by atoms with Crippen molar-refractivity contribution in [2.75, 3.05) is 21.3 Å². The van der Waals surface area contributed by atoms with Gasteiger partial charge in [0.1, 0.15) is 0 Å². The molecule has 9 nitrogen and oxygen atoms in total. The lowest BCUT2D eigenvalue weighted by molar-refractivity contribution is 0.0951. The van der Waals surface area contributed by atoms with Crippen molar-refractivity contribution in [1.29, 1.82) is 0 Å². The average molecular weight is 382 g/mol. The first kappa shape index (κ1) is 18.9. The second kappa shape index (κ2) is 8.21. The van der Waals surface area contributed by atoms with Crippen LogP contribution in [-0.2, 0) is 0 Å². The standard InChI is InChI=1S/C19H18N4O5/c1-26-14-9-8-11(16(27-2)17(14)28-3)10-20-22-19(25)15-12-6-4-5-7-13(12)18(24)23-21-15/h4-10H,1-3H3,(H,22,25)(H,23,24)/b20-10+. The summed E-state index contributed by atoms with van der Waals surface area (Å²) in [6.07, 6.45) is 1.41. The molecule has 9 heteroatoms. The zero-order valence-corrected chi connectivity index (χ0v) is 15.5. The van der Waals surface area contributed by atoms with Crippen molar-refractivity contribution >= 4 is 22.9 Å². The maximum atomic E-state index is 12.5. The summed E-state index contributed by atoms with van der Waals surface area (Å²) in [4.78, 5) is 24.3. The Hall–Kier alpha value is -3.88. The topological polar surface area (TPSA) is 115 Å². The molecule has 2 aromatic carbocycles. The van der Waals surface area contributed by atoms with Gasteiger partial charge in [-0.25, -0.2) is 10.5 Å². The third kappa shape index (κ3) is 3.50. The number of aromatic amines is 1. The van der Waals surface area contributed by atoms with Gasteiger partial charge in [-0.2, -0.15) is 10.2 Å². The predicted molar refractivity (Wildman–Crippen MR) is 104 cm³/mol. The molecule has 3 aromatic rings. The van der Waals surface area contributed by atoms with E-state index in [0.717, 1.165) is 0 Å². The molecule has 0 aliphatic rings. The molecule has 3 rings (SSSR count). The number of nitrogens with one attached hydrogen (secondary N) is 2. The van der Waals surface area contributed by atoms with Crippen molar-refractivity contribution in [1.82, 2.24) is 15.6 Å². The van der Waals surface area contributed by atoms with E-state index in [1.165, 1.54) is 27.5 Å². The Kier molecular flexibility index (Phi) is 5.54. The molecule has 1 amide bonds. The van der Waals surface area contributed by atoms with Gasteiger partial charge in [-0.1, -0.05) is 18.2 Å². The van der Waals surface area contributed by atoms with Crippen LogP contribution < -0.4 is 25.2 Å². The van der Waals surface area contributed by atoms with Crippen molar-refractivity contribution in [2.24, 2.45) is 5.10 Å². The number of fused-ring (bicyclic) bond motifs is 1. The lowest BCUT2D eigenvalue weighted by Crippen LogP contribution is -2.22. The number of benzene rings is 2. The summed E-state index contributed by atoms with van der Waals surface area (Å²) >= 11 is 0. The molecule has 0 spiro atoms. The fourth-order valence-electron chi connectivity index (χ4n) is 2.73. The molecule has 1 heterocycles. The van der Waals surface area contributed by atoms with Crippen LogP contribution in [0.1, 0.15) is 16.1 Å². The fraction of sp³-hybridized carbons (Fsp3) is 0.158. The SMILES string of the molecule is COc1ccc(/C=N/NC(=O)c2n[nH]c(=O)c3ccccc23)c(OC)c1OC. The number of rotatable bonds is 6. The molecule has 1 aromatic heterocycles. The Labute approximate surface area is 159 Å². The van der Waals surface area contributed by atoms with Gasteiger partial charge in [-0.15, -0.1) is 0 Å². The van der Waals surface area contributed by atoms with Gasteiger partial charge >= 0.3 is 0 Å². The maximum Gasteiger partial charge on any atom is 0.292 e. The zero-order valence-electron chi connectivity index (χ0n) is 15.5. The third-order valence-electron chi connectivity index (χ3n) is 4.02. The number of methoxy groups -OCH3 is 3. The van der Waals surface area contributed by atoms with Gasteiger partial charge in [0.15, 0.2) is 17.2 Å². The molecular weight excluding hydrogens is 364 g/mol. The van der Waals surface area contributed by atoms with Crippen molar-refractivity contribution in [3.63, 3.8) is 0 Å². The van der Waals surface area contributed by atoms with Gasteiger partial charge in [-0.3, -0.25) is 9.59 Å². The van der Waals surface area contributed by atoms with E-state index < -0.39 is 5.91 Å². The second-order valence-corrected chi connectivity index (χ2v) is 5.57. The number of hydrogen-bond donors (Lipinski definition) is 2. The summed E-state index contributed by atoms with van der Waals surface area (Å²) < 4.78 is 15.9. The molecule has 0 unspecified atom stereocenters. The first-order chi connectivity index (χ1) is 13.6.